The molecule has 1 aromatic rings. The van der Waals surface area contributed by atoms with Crippen molar-refractivity contribution < 1.29 is 0 Å². The molecule has 0 nitrogen and oxygen atoms in total. The second-order valence-corrected chi connectivity index (χ2v) is 4.36. The third-order valence-electron chi connectivity index (χ3n) is 2.37. The molecule has 76 valence electrons. The van der Waals surface area contributed by atoms with Crippen molar-refractivity contribution in [3.05, 3.63) is 47.0 Å². The Morgan fingerprint density at radius 2 is 1.93 bits per heavy atom. The van der Waals surface area contributed by atoms with Gasteiger partial charge in [-0.05, 0) is 43.4 Å². The van der Waals surface area contributed by atoms with Gasteiger partial charge in [0.25, 0.3) is 0 Å². The normalized spacial score (nSPS) is 11.1. The van der Waals surface area contributed by atoms with E-state index in [1.807, 2.05) is 0 Å². The summed E-state index contributed by atoms with van der Waals surface area (Å²) in [6, 6.07) is 6.68. The van der Waals surface area contributed by atoms with Crippen LogP contribution in [0, 0.1) is 13.8 Å². The Morgan fingerprint density at radius 3 is 2.57 bits per heavy atom. The molecule has 14 heavy (non-hydrogen) atoms. The van der Waals surface area contributed by atoms with Crippen LogP contribution in [0.2, 0.25) is 0 Å². The lowest BCUT2D eigenvalue weighted by molar-refractivity contribution is 1.18. The second kappa shape index (κ2) is 6.02. The van der Waals surface area contributed by atoms with Crippen LogP contribution in [0.5, 0.6) is 0 Å². The lowest BCUT2D eigenvalue weighted by Crippen LogP contribution is -1.85. The highest BCUT2D eigenvalue weighted by Crippen LogP contribution is 2.10. The Kier molecular flexibility index (Phi) is 4.95. The zero-order valence-electron chi connectivity index (χ0n) is 8.89. The van der Waals surface area contributed by atoms with Crippen LogP contribution in [-0.2, 0) is 6.42 Å². The fraction of sp³-hybridized carbons (Fsp3) is 0.385. The molecule has 0 saturated carbocycles. The van der Waals surface area contributed by atoms with Gasteiger partial charge in [-0.15, -0.1) is 0 Å². The Balaban J connectivity index is 2.55. The lowest BCUT2D eigenvalue weighted by atomic mass is 10.0. The molecule has 0 aliphatic rings. The van der Waals surface area contributed by atoms with Crippen molar-refractivity contribution in [1.29, 1.82) is 0 Å². The average molecular weight is 253 g/mol. The van der Waals surface area contributed by atoms with Crippen molar-refractivity contribution in [2.45, 2.75) is 26.7 Å². The monoisotopic (exact) mass is 252 g/mol. The van der Waals surface area contributed by atoms with Crippen molar-refractivity contribution >= 4 is 15.9 Å². The van der Waals surface area contributed by atoms with Crippen LogP contribution in [0.15, 0.2) is 30.4 Å². The fourth-order valence-corrected chi connectivity index (χ4v) is 1.60. The van der Waals surface area contributed by atoms with Crippen LogP contribution in [0.1, 0.15) is 23.1 Å². The zero-order valence-corrected chi connectivity index (χ0v) is 10.5. The van der Waals surface area contributed by atoms with Gasteiger partial charge in [-0.1, -0.05) is 46.3 Å². The van der Waals surface area contributed by atoms with Gasteiger partial charge in [0.05, 0.1) is 0 Å². The minimum atomic E-state index is 1.05. The van der Waals surface area contributed by atoms with Crippen molar-refractivity contribution in [1.82, 2.24) is 0 Å². The van der Waals surface area contributed by atoms with Crippen LogP contribution >= 0.6 is 15.9 Å². The Bertz CT molecular complexity index is 313. The molecule has 0 aromatic heterocycles. The molecule has 0 fully saturated rings. The first-order valence-corrected chi connectivity index (χ1v) is 6.13. The van der Waals surface area contributed by atoms with Crippen molar-refractivity contribution in [2.75, 3.05) is 5.33 Å². The third kappa shape index (κ3) is 3.67. The van der Waals surface area contributed by atoms with E-state index < -0.39 is 0 Å². The number of alkyl halides is 1. The molecular formula is C13H17Br. The summed E-state index contributed by atoms with van der Waals surface area (Å²) in [6.07, 6.45) is 6.63. The summed E-state index contributed by atoms with van der Waals surface area (Å²) in [5.41, 5.74) is 4.16. The molecule has 0 atom stereocenters. The van der Waals surface area contributed by atoms with Crippen molar-refractivity contribution in [3.8, 4) is 0 Å². The topological polar surface area (TPSA) is 0 Å². The number of hydrogen-bond donors (Lipinski definition) is 0. The standard InChI is InChI=1S/C13H17Br/c1-11-7-8-13(10-12(11)2)6-4-3-5-9-14/h3-4,7-8,10H,5-6,9H2,1-2H3. The summed E-state index contributed by atoms with van der Waals surface area (Å²) in [5, 5.41) is 1.05. The fourth-order valence-electron chi connectivity index (χ4n) is 1.33. The number of rotatable bonds is 4. The van der Waals surface area contributed by atoms with E-state index in [1.165, 1.54) is 16.7 Å². The predicted molar refractivity (Wildman–Crippen MR) is 67.2 cm³/mol. The summed E-state index contributed by atoms with van der Waals surface area (Å²) in [4.78, 5) is 0. The van der Waals surface area contributed by atoms with E-state index in [0.717, 1.165) is 18.2 Å². The van der Waals surface area contributed by atoms with E-state index in [2.05, 4.69) is 60.1 Å². The SMILES string of the molecule is Cc1ccc(CC=CCCBr)cc1C. The van der Waals surface area contributed by atoms with Crippen LogP contribution in [0.4, 0.5) is 0 Å². The Hall–Kier alpha value is -0.560. The molecule has 0 radical (unpaired) electrons. The first-order chi connectivity index (χ1) is 6.74. The summed E-state index contributed by atoms with van der Waals surface area (Å²) in [6.45, 7) is 4.32. The maximum atomic E-state index is 3.41. The van der Waals surface area contributed by atoms with Gasteiger partial charge in [-0.2, -0.15) is 0 Å². The Labute approximate surface area is 95.2 Å². The highest BCUT2D eigenvalue weighted by Gasteiger charge is 1.93. The quantitative estimate of drug-likeness (QED) is 0.557. The van der Waals surface area contributed by atoms with Gasteiger partial charge < -0.3 is 0 Å². The molecule has 0 unspecified atom stereocenters. The van der Waals surface area contributed by atoms with Gasteiger partial charge in [0.1, 0.15) is 0 Å². The molecule has 1 rings (SSSR count). The molecule has 0 N–H and O–H groups in total. The minimum Gasteiger partial charge on any atom is -0.0925 e. The molecular weight excluding hydrogens is 236 g/mol. The summed E-state index contributed by atoms with van der Waals surface area (Å²) in [5.74, 6) is 0. The van der Waals surface area contributed by atoms with Crippen LogP contribution in [-0.4, -0.2) is 5.33 Å². The number of allylic oxidation sites excluding steroid dienone is 2. The van der Waals surface area contributed by atoms with Crippen LogP contribution < -0.4 is 0 Å². The van der Waals surface area contributed by atoms with Gasteiger partial charge >= 0.3 is 0 Å². The molecule has 1 heteroatoms. The van der Waals surface area contributed by atoms with Crippen LogP contribution in [0.25, 0.3) is 0 Å². The van der Waals surface area contributed by atoms with Gasteiger partial charge in [-0.25, -0.2) is 0 Å². The van der Waals surface area contributed by atoms with Gasteiger partial charge in [-0.3, -0.25) is 0 Å². The van der Waals surface area contributed by atoms with E-state index in [-0.39, 0.29) is 0 Å². The largest absolute Gasteiger partial charge is 0.0925 e. The summed E-state index contributed by atoms with van der Waals surface area (Å²) >= 11 is 3.41. The van der Waals surface area contributed by atoms with Crippen LogP contribution in [0.3, 0.4) is 0 Å². The Morgan fingerprint density at radius 1 is 1.14 bits per heavy atom. The second-order valence-electron chi connectivity index (χ2n) is 3.57. The predicted octanol–water partition coefficient (Wildman–Crippen LogP) is 4.19. The number of halogens is 1. The molecule has 0 bridgehead atoms. The maximum Gasteiger partial charge on any atom is 0.00659 e. The molecule has 0 saturated heterocycles. The summed E-state index contributed by atoms with van der Waals surface area (Å²) in [7, 11) is 0. The maximum absolute atomic E-state index is 3.41. The highest BCUT2D eigenvalue weighted by atomic mass is 79.9. The van der Waals surface area contributed by atoms with Crippen molar-refractivity contribution in [2.24, 2.45) is 0 Å². The van der Waals surface area contributed by atoms with Crippen molar-refractivity contribution in [3.63, 3.8) is 0 Å². The zero-order chi connectivity index (χ0) is 10.4. The lowest BCUT2D eigenvalue weighted by Gasteiger charge is -2.02. The number of benzene rings is 1. The first-order valence-electron chi connectivity index (χ1n) is 5.01. The molecule has 0 amide bonds. The van der Waals surface area contributed by atoms with E-state index in [0.29, 0.717) is 0 Å². The first kappa shape index (κ1) is 11.5. The number of hydrogen-bond acceptors (Lipinski definition) is 0. The molecule has 1 aromatic carbocycles. The average Bonchev–Trinajstić information content (AvgIpc) is 2.18. The van der Waals surface area contributed by atoms with E-state index in [4.69, 9.17) is 0 Å². The highest BCUT2D eigenvalue weighted by molar-refractivity contribution is 9.09. The summed E-state index contributed by atoms with van der Waals surface area (Å²) < 4.78 is 0. The van der Waals surface area contributed by atoms with Gasteiger partial charge in [0.2, 0.25) is 0 Å². The smallest absolute Gasteiger partial charge is 0.00659 e. The van der Waals surface area contributed by atoms with Gasteiger partial charge in [0, 0.05) is 5.33 Å². The minimum absolute atomic E-state index is 1.05. The molecule has 0 aliphatic heterocycles. The van der Waals surface area contributed by atoms with E-state index in [9.17, 15) is 0 Å². The molecule has 0 spiro atoms. The van der Waals surface area contributed by atoms with E-state index >= 15 is 0 Å². The molecule has 0 aliphatic carbocycles. The molecule has 0 heterocycles. The van der Waals surface area contributed by atoms with Gasteiger partial charge in [0.15, 0.2) is 0 Å². The van der Waals surface area contributed by atoms with E-state index in [1.54, 1.807) is 0 Å². The third-order valence-corrected chi connectivity index (χ3v) is 2.83. The number of aryl methyl sites for hydroxylation is 2.